The van der Waals surface area contributed by atoms with E-state index in [1.54, 1.807) is 17.2 Å². The molecule has 0 fully saturated rings. The molecule has 6 heteroatoms. The van der Waals surface area contributed by atoms with Crippen molar-refractivity contribution in [3.8, 4) is 5.75 Å². The Morgan fingerprint density at radius 2 is 1.72 bits per heavy atom. The van der Waals surface area contributed by atoms with Gasteiger partial charge in [-0.05, 0) is 67.8 Å². The lowest BCUT2D eigenvalue weighted by molar-refractivity contribution is 0.0970. The third-order valence-electron chi connectivity index (χ3n) is 6.64. The van der Waals surface area contributed by atoms with Crippen LogP contribution in [0, 0.1) is 13.8 Å². The number of hydrogen-bond acceptors (Lipinski definition) is 5. The number of carbonyl (C=O) groups excluding carboxylic acids is 1. The van der Waals surface area contributed by atoms with Crippen LogP contribution in [0.25, 0.3) is 11.0 Å². The normalized spacial score (nSPS) is 14.9. The minimum absolute atomic E-state index is 0.0703. The SMILES string of the molecule is CCCCCCOc1ccc(C2c3c(oc4ccc(C)cc4c3=O)C(=O)N2c2cc(C)ccn2)cc1. The molecule has 0 aliphatic carbocycles. The molecule has 1 atom stereocenters. The molecular weight excluding hydrogens is 452 g/mol. The van der Waals surface area contributed by atoms with Crippen LogP contribution in [0.2, 0.25) is 0 Å². The van der Waals surface area contributed by atoms with Gasteiger partial charge in [0.25, 0.3) is 5.91 Å². The van der Waals surface area contributed by atoms with Crippen LogP contribution in [0.15, 0.2) is 70.0 Å². The van der Waals surface area contributed by atoms with Gasteiger partial charge in [0.05, 0.1) is 23.6 Å². The Bertz CT molecular complexity index is 1470. The van der Waals surface area contributed by atoms with E-state index < -0.39 is 6.04 Å². The second-order valence-electron chi connectivity index (χ2n) is 9.42. The molecule has 36 heavy (non-hydrogen) atoms. The number of pyridine rings is 1. The van der Waals surface area contributed by atoms with E-state index in [1.165, 1.54) is 12.8 Å². The van der Waals surface area contributed by atoms with Crippen molar-refractivity contribution in [3.05, 3.63) is 99.0 Å². The zero-order chi connectivity index (χ0) is 25.2. The van der Waals surface area contributed by atoms with E-state index in [0.29, 0.717) is 29.0 Å². The number of aryl methyl sites for hydroxylation is 2. The molecule has 4 aromatic rings. The Morgan fingerprint density at radius 1 is 0.944 bits per heavy atom. The first kappa shape index (κ1) is 23.8. The Balaban J connectivity index is 1.58. The minimum Gasteiger partial charge on any atom is -0.494 e. The van der Waals surface area contributed by atoms with Crippen molar-refractivity contribution in [2.75, 3.05) is 11.5 Å². The number of amides is 1. The highest BCUT2D eigenvalue weighted by Gasteiger charge is 2.44. The molecule has 2 aromatic carbocycles. The van der Waals surface area contributed by atoms with E-state index in [2.05, 4.69) is 11.9 Å². The van der Waals surface area contributed by atoms with Crippen molar-refractivity contribution < 1.29 is 13.9 Å². The number of anilines is 1. The summed E-state index contributed by atoms with van der Waals surface area (Å²) in [7, 11) is 0. The van der Waals surface area contributed by atoms with Gasteiger partial charge in [-0.25, -0.2) is 4.98 Å². The van der Waals surface area contributed by atoms with E-state index >= 15 is 0 Å². The molecule has 0 N–H and O–H groups in total. The molecule has 184 valence electrons. The number of unbranched alkanes of at least 4 members (excludes halogenated alkanes) is 3. The number of fused-ring (bicyclic) bond motifs is 2. The standard InChI is InChI=1S/C30H30N2O4/c1-4-5-6-7-16-35-22-11-9-21(10-12-22)27-26-28(33)23-17-19(2)8-13-24(23)36-29(26)30(34)32(27)25-18-20(3)14-15-31-25/h8-15,17-18,27H,4-7,16H2,1-3H3. The monoisotopic (exact) mass is 482 g/mol. The molecule has 5 rings (SSSR count). The maximum absolute atomic E-state index is 13.8. The molecule has 3 heterocycles. The first-order chi connectivity index (χ1) is 17.5. The Morgan fingerprint density at radius 3 is 2.47 bits per heavy atom. The summed E-state index contributed by atoms with van der Waals surface area (Å²) in [6.07, 6.45) is 6.22. The largest absolute Gasteiger partial charge is 0.494 e. The average molecular weight is 483 g/mol. The number of aromatic nitrogens is 1. The van der Waals surface area contributed by atoms with Crippen LogP contribution in [-0.4, -0.2) is 17.5 Å². The molecule has 1 unspecified atom stereocenters. The fourth-order valence-corrected chi connectivity index (χ4v) is 4.76. The molecule has 1 aliphatic rings. The predicted octanol–water partition coefficient (Wildman–Crippen LogP) is 6.51. The van der Waals surface area contributed by atoms with Gasteiger partial charge in [-0.2, -0.15) is 0 Å². The van der Waals surface area contributed by atoms with Gasteiger partial charge in [-0.1, -0.05) is 49.9 Å². The van der Waals surface area contributed by atoms with Crippen molar-refractivity contribution in [2.24, 2.45) is 0 Å². The van der Waals surface area contributed by atoms with Gasteiger partial charge < -0.3 is 9.15 Å². The van der Waals surface area contributed by atoms with Crippen molar-refractivity contribution >= 4 is 22.7 Å². The molecule has 1 amide bonds. The Hall–Kier alpha value is -3.93. The van der Waals surface area contributed by atoms with E-state index in [-0.39, 0.29) is 17.1 Å². The average Bonchev–Trinajstić information content (AvgIpc) is 3.17. The summed E-state index contributed by atoms with van der Waals surface area (Å²) in [5.74, 6) is 0.943. The van der Waals surface area contributed by atoms with Gasteiger partial charge in [0, 0.05) is 6.20 Å². The van der Waals surface area contributed by atoms with Gasteiger partial charge in [-0.3, -0.25) is 14.5 Å². The fourth-order valence-electron chi connectivity index (χ4n) is 4.76. The summed E-state index contributed by atoms with van der Waals surface area (Å²) in [5, 5.41) is 0.470. The second kappa shape index (κ2) is 9.97. The maximum Gasteiger partial charge on any atom is 0.296 e. The summed E-state index contributed by atoms with van der Waals surface area (Å²) in [5.41, 5.74) is 3.27. The van der Waals surface area contributed by atoms with Gasteiger partial charge in [0.1, 0.15) is 17.2 Å². The summed E-state index contributed by atoms with van der Waals surface area (Å²) < 4.78 is 12.0. The molecular formula is C30H30N2O4. The van der Waals surface area contributed by atoms with Crippen LogP contribution < -0.4 is 15.1 Å². The lowest BCUT2D eigenvalue weighted by Gasteiger charge is -2.24. The van der Waals surface area contributed by atoms with E-state index in [4.69, 9.17) is 9.15 Å². The van der Waals surface area contributed by atoms with Crippen molar-refractivity contribution in [1.82, 2.24) is 4.98 Å². The predicted molar refractivity (Wildman–Crippen MR) is 141 cm³/mol. The molecule has 0 bridgehead atoms. The lowest BCUT2D eigenvalue weighted by Crippen LogP contribution is -2.30. The molecule has 0 radical (unpaired) electrons. The summed E-state index contributed by atoms with van der Waals surface area (Å²) >= 11 is 0. The first-order valence-electron chi connectivity index (χ1n) is 12.5. The van der Waals surface area contributed by atoms with Crippen LogP contribution in [0.1, 0.15) is 71.5 Å². The van der Waals surface area contributed by atoms with Gasteiger partial charge >= 0.3 is 0 Å². The van der Waals surface area contributed by atoms with E-state index in [0.717, 1.165) is 35.3 Å². The lowest BCUT2D eigenvalue weighted by atomic mass is 9.98. The molecule has 1 aliphatic heterocycles. The van der Waals surface area contributed by atoms with Gasteiger partial charge in [0.15, 0.2) is 5.43 Å². The van der Waals surface area contributed by atoms with Crippen molar-refractivity contribution in [2.45, 2.75) is 52.5 Å². The van der Waals surface area contributed by atoms with Crippen LogP contribution in [0.5, 0.6) is 5.75 Å². The minimum atomic E-state index is -0.651. The van der Waals surface area contributed by atoms with E-state index in [1.807, 2.05) is 62.4 Å². The quantitative estimate of drug-likeness (QED) is 0.268. The highest BCUT2D eigenvalue weighted by molar-refractivity contribution is 6.10. The van der Waals surface area contributed by atoms with Crippen LogP contribution in [0.4, 0.5) is 5.82 Å². The Kier molecular flexibility index (Phi) is 6.59. The summed E-state index contributed by atoms with van der Waals surface area (Å²) in [6.45, 7) is 6.73. The molecule has 0 saturated heterocycles. The number of rotatable bonds is 8. The number of ether oxygens (including phenoxy) is 1. The second-order valence-corrected chi connectivity index (χ2v) is 9.42. The Labute approximate surface area is 210 Å². The highest BCUT2D eigenvalue weighted by Crippen LogP contribution is 2.41. The molecule has 6 nitrogen and oxygen atoms in total. The summed E-state index contributed by atoms with van der Waals surface area (Å²) in [4.78, 5) is 33.5. The number of hydrogen-bond donors (Lipinski definition) is 0. The van der Waals surface area contributed by atoms with Gasteiger partial charge in [-0.15, -0.1) is 0 Å². The first-order valence-corrected chi connectivity index (χ1v) is 12.5. The molecule has 2 aromatic heterocycles. The third-order valence-corrected chi connectivity index (χ3v) is 6.64. The van der Waals surface area contributed by atoms with Crippen LogP contribution >= 0.6 is 0 Å². The number of carbonyl (C=O) groups is 1. The smallest absolute Gasteiger partial charge is 0.296 e. The molecule has 0 spiro atoms. The highest BCUT2D eigenvalue weighted by atomic mass is 16.5. The topological polar surface area (TPSA) is 72.6 Å². The zero-order valence-corrected chi connectivity index (χ0v) is 20.9. The summed E-state index contributed by atoms with van der Waals surface area (Å²) in [6, 6.07) is 16.1. The maximum atomic E-state index is 13.8. The number of benzene rings is 2. The van der Waals surface area contributed by atoms with Gasteiger partial charge in [0.2, 0.25) is 5.76 Å². The van der Waals surface area contributed by atoms with Crippen LogP contribution in [0.3, 0.4) is 0 Å². The van der Waals surface area contributed by atoms with E-state index in [9.17, 15) is 9.59 Å². The number of nitrogens with zero attached hydrogens (tertiary/aromatic N) is 2. The van der Waals surface area contributed by atoms with Crippen LogP contribution in [-0.2, 0) is 0 Å². The zero-order valence-electron chi connectivity index (χ0n) is 20.9. The van der Waals surface area contributed by atoms with Crippen molar-refractivity contribution in [1.29, 1.82) is 0 Å². The fraction of sp³-hybridized carbons (Fsp3) is 0.300. The van der Waals surface area contributed by atoms with Crippen molar-refractivity contribution in [3.63, 3.8) is 0 Å². The molecule has 0 saturated carbocycles. The third kappa shape index (κ3) is 4.39.